The molecule has 0 saturated carbocycles. The van der Waals surface area contributed by atoms with Crippen LogP contribution in [0.3, 0.4) is 0 Å². The number of ether oxygens (including phenoxy) is 3. The molecule has 1 atom stereocenters. The molecular formula is C15H18N6O4. The Kier molecular flexibility index (Phi) is 4.55. The summed E-state index contributed by atoms with van der Waals surface area (Å²) in [4.78, 5) is 27.1. The summed E-state index contributed by atoms with van der Waals surface area (Å²) in [6, 6.07) is 0. The van der Waals surface area contributed by atoms with Crippen molar-refractivity contribution in [3.8, 4) is 0 Å². The average Bonchev–Trinajstić information content (AvgIpc) is 3.21. The highest BCUT2D eigenvalue weighted by Crippen LogP contribution is 2.13. The first-order chi connectivity index (χ1) is 12.3. The van der Waals surface area contributed by atoms with Gasteiger partial charge in [-0.25, -0.2) is 9.98 Å². The number of nitrogens with one attached hydrogen (secondary N) is 2. The monoisotopic (exact) mass is 346 g/mol. The number of imidazole rings is 1. The fraction of sp³-hybridized carbons (Fsp3) is 0.467. The van der Waals surface area contributed by atoms with Crippen molar-refractivity contribution in [2.24, 2.45) is 4.99 Å². The fourth-order valence-corrected chi connectivity index (χ4v) is 2.53. The number of aromatic amines is 1. The van der Waals surface area contributed by atoms with Gasteiger partial charge in [-0.15, -0.1) is 0 Å². The number of anilines is 1. The van der Waals surface area contributed by atoms with E-state index in [1.165, 1.54) is 6.33 Å². The Morgan fingerprint density at radius 3 is 3.12 bits per heavy atom. The van der Waals surface area contributed by atoms with Crippen molar-refractivity contribution in [3.63, 3.8) is 0 Å². The van der Waals surface area contributed by atoms with E-state index in [-0.39, 0.29) is 24.1 Å². The lowest BCUT2D eigenvalue weighted by Gasteiger charge is -2.11. The van der Waals surface area contributed by atoms with Gasteiger partial charge in [-0.05, 0) is 12.5 Å². The average molecular weight is 346 g/mol. The van der Waals surface area contributed by atoms with Crippen LogP contribution in [0.1, 0.15) is 12.8 Å². The lowest BCUT2D eigenvalue weighted by atomic mass is 10.4. The number of rotatable bonds is 7. The molecule has 2 aromatic heterocycles. The van der Waals surface area contributed by atoms with Gasteiger partial charge in [0, 0.05) is 19.2 Å². The molecule has 4 heterocycles. The summed E-state index contributed by atoms with van der Waals surface area (Å²) in [5.74, 6) is 0.945. The van der Waals surface area contributed by atoms with Crippen LogP contribution in [0.25, 0.3) is 11.2 Å². The van der Waals surface area contributed by atoms with Crippen LogP contribution in [0.4, 0.5) is 5.95 Å². The second kappa shape index (κ2) is 7.13. The zero-order valence-electron chi connectivity index (χ0n) is 13.5. The Bertz CT molecular complexity index is 865. The van der Waals surface area contributed by atoms with E-state index < -0.39 is 0 Å². The third-order valence-electron chi connectivity index (χ3n) is 3.82. The zero-order chi connectivity index (χ0) is 17.1. The summed E-state index contributed by atoms with van der Waals surface area (Å²) in [7, 11) is 0. The van der Waals surface area contributed by atoms with Crippen molar-refractivity contribution in [2.75, 3.05) is 25.1 Å². The molecule has 0 aliphatic carbocycles. The van der Waals surface area contributed by atoms with Crippen LogP contribution in [0.5, 0.6) is 0 Å². The molecule has 0 aromatic carbocycles. The molecule has 2 aliphatic rings. The zero-order valence-corrected chi connectivity index (χ0v) is 13.5. The first kappa shape index (κ1) is 15.9. The van der Waals surface area contributed by atoms with Crippen LogP contribution in [0.15, 0.2) is 28.4 Å². The number of aromatic nitrogens is 4. The maximum absolute atomic E-state index is 12.1. The molecule has 25 heavy (non-hydrogen) atoms. The minimum Gasteiger partial charge on any atom is -0.358 e. The van der Waals surface area contributed by atoms with Crippen LogP contribution in [-0.2, 0) is 20.9 Å². The molecular weight excluding hydrogens is 328 g/mol. The Morgan fingerprint density at radius 1 is 1.44 bits per heavy atom. The lowest BCUT2D eigenvalue weighted by molar-refractivity contribution is -0.124. The quantitative estimate of drug-likeness (QED) is 0.705. The van der Waals surface area contributed by atoms with Crippen LogP contribution < -0.4 is 10.9 Å². The third-order valence-corrected chi connectivity index (χ3v) is 3.82. The van der Waals surface area contributed by atoms with Crippen molar-refractivity contribution >= 4 is 22.9 Å². The van der Waals surface area contributed by atoms with Crippen molar-refractivity contribution in [1.29, 1.82) is 0 Å². The number of aliphatic imine (C=N–C) groups is 1. The molecule has 2 N–H and O–H groups in total. The lowest BCUT2D eigenvalue weighted by Crippen LogP contribution is -2.19. The van der Waals surface area contributed by atoms with E-state index in [1.807, 2.05) is 0 Å². The van der Waals surface area contributed by atoms with Crippen molar-refractivity contribution in [2.45, 2.75) is 25.9 Å². The molecule has 0 radical (unpaired) electrons. The van der Waals surface area contributed by atoms with E-state index in [1.54, 1.807) is 16.8 Å². The summed E-state index contributed by atoms with van der Waals surface area (Å²) >= 11 is 0. The Morgan fingerprint density at radius 2 is 2.36 bits per heavy atom. The predicted molar refractivity (Wildman–Crippen MR) is 89.2 cm³/mol. The summed E-state index contributed by atoms with van der Waals surface area (Å²) in [5, 5.41) is 2.92. The molecule has 1 saturated heterocycles. The van der Waals surface area contributed by atoms with Gasteiger partial charge in [0.15, 0.2) is 17.5 Å². The van der Waals surface area contributed by atoms with E-state index in [0.29, 0.717) is 30.6 Å². The molecule has 2 aromatic rings. The summed E-state index contributed by atoms with van der Waals surface area (Å²) < 4.78 is 18.2. The summed E-state index contributed by atoms with van der Waals surface area (Å²) in [5.41, 5.74) is 0.378. The molecule has 0 bridgehead atoms. The second-order valence-electron chi connectivity index (χ2n) is 5.61. The Labute approximate surface area is 142 Å². The molecule has 0 spiro atoms. The Hall–Kier alpha value is -2.56. The van der Waals surface area contributed by atoms with E-state index in [0.717, 1.165) is 19.4 Å². The molecule has 4 rings (SSSR count). The number of amidine groups is 1. The normalized spacial score (nSPS) is 19.2. The van der Waals surface area contributed by atoms with Crippen molar-refractivity contribution in [3.05, 3.63) is 29.0 Å². The maximum Gasteiger partial charge on any atom is 0.280 e. The predicted octanol–water partition coefficient (Wildman–Crippen LogP) is 0.584. The number of hydrogen-bond acceptors (Lipinski definition) is 8. The molecule has 10 nitrogen and oxygen atoms in total. The molecule has 132 valence electrons. The topological polar surface area (TPSA) is 116 Å². The van der Waals surface area contributed by atoms with E-state index in [2.05, 4.69) is 25.3 Å². The van der Waals surface area contributed by atoms with Gasteiger partial charge in [0.25, 0.3) is 5.56 Å². The van der Waals surface area contributed by atoms with Crippen LogP contribution in [0.2, 0.25) is 0 Å². The number of fused-ring (bicyclic) bond motifs is 1. The van der Waals surface area contributed by atoms with Gasteiger partial charge >= 0.3 is 0 Å². The van der Waals surface area contributed by atoms with Crippen LogP contribution in [0, 0.1) is 0 Å². The van der Waals surface area contributed by atoms with Gasteiger partial charge in [-0.2, -0.15) is 4.98 Å². The minimum atomic E-state index is -0.322. The third kappa shape index (κ3) is 3.60. The first-order valence-corrected chi connectivity index (χ1v) is 8.07. The SMILES string of the molecule is O=c1[nH]c(NC2=NC=C2)nc2c1ncn2COCCOC1CCCO1. The highest BCUT2D eigenvalue weighted by molar-refractivity contribution is 6.06. The molecule has 1 fully saturated rings. The molecule has 0 amide bonds. The fourth-order valence-electron chi connectivity index (χ4n) is 2.53. The highest BCUT2D eigenvalue weighted by Gasteiger charge is 2.15. The highest BCUT2D eigenvalue weighted by atomic mass is 16.7. The number of hydrogen-bond donors (Lipinski definition) is 2. The van der Waals surface area contributed by atoms with Crippen molar-refractivity contribution in [1.82, 2.24) is 19.5 Å². The molecule has 1 unspecified atom stereocenters. The molecule has 10 heteroatoms. The van der Waals surface area contributed by atoms with Gasteiger partial charge in [-0.1, -0.05) is 0 Å². The van der Waals surface area contributed by atoms with Gasteiger partial charge in [0.05, 0.1) is 19.5 Å². The van der Waals surface area contributed by atoms with E-state index in [9.17, 15) is 4.79 Å². The molecule has 2 aliphatic heterocycles. The smallest absolute Gasteiger partial charge is 0.280 e. The number of nitrogens with zero attached hydrogens (tertiary/aromatic N) is 4. The Balaban J connectivity index is 1.36. The standard InChI is InChI=1S/C15H18N6O4/c22-14-12-13(19-15(20-14)18-10-3-4-16-10)21(8-17-12)9-23-6-7-25-11-2-1-5-24-11/h3-4,8,11H,1-2,5-7,9H2,(H2,16,18,19,20,22). The van der Waals surface area contributed by atoms with Crippen molar-refractivity contribution < 1.29 is 14.2 Å². The van der Waals surface area contributed by atoms with Crippen LogP contribution in [-0.4, -0.2) is 51.5 Å². The first-order valence-electron chi connectivity index (χ1n) is 8.07. The van der Waals surface area contributed by atoms with E-state index in [4.69, 9.17) is 14.2 Å². The van der Waals surface area contributed by atoms with Gasteiger partial charge < -0.3 is 19.5 Å². The van der Waals surface area contributed by atoms with E-state index >= 15 is 0 Å². The van der Waals surface area contributed by atoms with Gasteiger partial charge in [-0.3, -0.25) is 14.3 Å². The number of H-pyrrole nitrogens is 1. The van der Waals surface area contributed by atoms with Gasteiger partial charge in [0.2, 0.25) is 5.95 Å². The summed E-state index contributed by atoms with van der Waals surface area (Å²) in [6.07, 6.45) is 6.79. The minimum absolute atomic E-state index is 0.116. The van der Waals surface area contributed by atoms with Crippen LogP contribution >= 0.6 is 0 Å². The summed E-state index contributed by atoms with van der Waals surface area (Å²) in [6.45, 7) is 1.84. The largest absolute Gasteiger partial charge is 0.358 e. The maximum atomic E-state index is 12.1. The second-order valence-corrected chi connectivity index (χ2v) is 5.61. The van der Waals surface area contributed by atoms with Gasteiger partial charge in [0.1, 0.15) is 12.6 Å².